The molecule has 2 heteroatoms. The molecule has 0 aromatic heterocycles. The van der Waals surface area contributed by atoms with Crippen LogP contribution in [0.2, 0.25) is 0 Å². The van der Waals surface area contributed by atoms with E-state index in [2.05, 4.69) is 54.7 Å². The zero-order chi connectivity index (χ0) is 14.8. The van der Waals surface area contributed by atoms with Crippen molar-refractivity contribution in [2.24, 2.45) is 5.92 Å². The first-order valence-electron chi connectivity index (χ1n) is 8.41. The van der Waals surface area contributed by atoms with Gasteiger partial charge in [0.15, 0.2) is 0 Å². The lowest BCUT2D eigenvalue weighted by Crippen LogP contribution is -2.18. The second kappa shape index (κ2) is 9.75. The molecule has 0 spiro atoms. The second-order valence-electron chi connectivity index (χ2n) is 5.96. The lowest BCUT2D eigenvalue weighted by atomic mass is 9.99. The number of hydrogen-bond donors (Lipinski definition) is 1. The van der Waals surface area contributed by atoms with Gasteiger partial charge in [-0.25, -0.2) is 0 Å². The highest BCUT2D eigenvalue weighted by Crippen LogP contribution is 2.22. The Balaban J connectivity index is 1.66. The molecule has 0 amide bonds. The third-order valence-electron chi connectivity index (χ3n) is 4.11. The quantitative estimate of drug-likeness (QED) is 0.568. The average molecular weight is 287 g/mol. The number of rotatable bonds is 8. The minimum Gasteiger partial charge on any atom is -0.373 e. The molecule has 0 saturated carbocycles. The van der Waals surface area contributed by atoms with Gasteiger partial charge in [-0.05, 0) is 56.7 Å². The van der Waals surface area contributed by atoms with Crippen LogP contribution in [-0.4, -0.2) is 19.2 Å². The second-order valence-corrected chi connectivity index (χ2v) is 5.96. The largest absolute Gasteiger partial charge is 0.373 e. The molecule has 1 N–H and O–H groups in total. The maximum absolute atomic E-state index is 6.07. The Morgan fingerprint density at radius 3 is 2.81 bits per heavy atom. The molecule has 21 heavy (non-hydrogen) atoms. The summed E-state index contributed by atoms with van der Waals surface area (Å²) in [5, 5.41) is 3.50. The van der Waals surface area contributed by atoms with Crippen molar-refractivity contribution < 1.29 is 4.74 Å². The van der Waals surface area contributed by atoms with Crippen LogP contribution >= 0.6 is 0 Å². The number of hydrogen-bond acceptors (Lipinski definition) is 2. The topological polar surface area (TPSA) is 21.3 Å². The van der Waals surface area contributed by atoms with E-state index in [1.54, 1.807) is 0 Å². The Morgan fingerprint density at radius 1 is 1.14 bits per heavy atom. The lowest BCUT2D eigenvalue weighted by Gasteiger charge is -2.16. The van der Waals surface area contributed by atoms with Gasteiger partial charge in [-0.1, -0.05) is 49.4 Å². The highest BCUT2D eigenvalue weighted by Gasteiger charge is 2.15. The first kappa shape index (κ1) is 16.3. The maximum Gasteiger partial charge on any atom is 0.0720 e. The Labute approximate surface area is 129 Å². The SMILES string of the molecule is CCCNCC[C@H]1C=CC[C@@H](OCc2ccccc2)CC1. The van der Waals surface area contributed by atoms with E-state index in [1.807, 2.05) is 0 Å². The molecule has 1 aliphatic rings. The van der Waals surface area contributed by atoms with E-state index in [0.717, 1.165) is 32.0 Å². The molecule has 0 fully saturated rings. The third-order valence-corrected chi connectivity index (χ3v) is 4.11. The van der Waals surface area contributed by atoms with E-state index in [0.29, 0.717) is 6.10 Å². The average Bonchev–Trinajstić information content (AvgIpc) is 2.76. The van der Waals surface area contributed by atoms with Gasteiger partial charge in [-0.15, -0.1) is 0 Å². The van der Waals surface area contributed by atoms with Crippen molar-refractivity contribution in [1.29, 1.82) is 0 Å². The third kappa shape index (κ3) is 6.45. The number of benzene rings is 1. The zero-order valence-corrected chi connectivity index (χ0v) is 13.3. The van der Waals surface area contributed by atoms with E-state index in [9.17, 15) is 0 Å². The van der Waals surface area contributed by atoms with Gasteiger partial charge in [-0.2, -0.15) is 0 Å². The fraction of sp³-hybridized carbons (Fsp3) is 0.579. The molecule has 1 aromatic carbocycles. The molecule has 1 aliphatic carbocycles. The van der Waals surface area contributed by atoms with Crippen molar-refractivity contribution in [3.63, 3.8) is 0 Å². The first-order chi connectivity index (χ1) is 10.4. The summed E-state index contributed by atoms with van der Waals surface area (Å²) in [6.07, 6.45) is 11.1. The minimum absolute atomic E-state index is 0.384. The van der Waals surface area contributed by atoms with Crippen LogP contribution in [0.25, 0.3) is 0 Å². The molecule has 1 aromatic rings. The van der Waals surface area contributed by atoms with E-state index in [1.165, 1.54) is 31.2 Å². The molecule has 2 nitrogen and oxygen atoms in total. The highest BCUT2D eigenvalue weighted by molar-refractivity contribution is 5.13. The molecule has 0 saturated heterocycles. The van der Waals surface area contributed by atoms with Crippen molar-refractivity contribution in [3.05, 3.63) is 48.0 Å². The van der Waals surface area contributed by atoms with E-state index in [-0.39, 0.29) is 0 Å². The molecular formula is C19H29NO. The smallest absolute Gasteiger partial charge is 0.0720 e. The van der Waals surface area contributed by atoms with Crippen LogP contribution in [0.4, 0.5) is 0 Å². The molecule has 0 aliphatic heterocycles. The summed E-state index contributed by atoms with van der Waals surface area (Å²) in [5.74, 6) is 0.722. The van der Waals surface area contributed by atoms with Gasteiger partial charge < -0.3 is 10.1 Å². The molecule has 116 valence electrons. The van der Waals surface area contributed by atoms with Crippen molar-refractivity contribution >= 4 is 0 Å². The summed E-state index contributed by atoms with van der Waals surface area (Å²) in [5.41, 5.74) is 1.27. The summed E-state index contributed by atoms with van der Waals surface area (Å²) in [7, 11) is 0. The van der Waals surface area contributed by atoms with Crippen molar-refractivity contribution in [2.75, 3.05) is 13.1 Å². The standard InChI is InChI=1S/C19H29NO/c1-2-14-20-15-13-17-9-6-10-19(12-11-17)21-16-18-7-4-3-5-8-18/h3-9,17,19-20H,2,10-16H2,1H3/t17-,19+/m0/s1. The van der Waals surface area contributed by atoms with Crippen LogP contribution in [-0.2, 0) is 11.3 Å². The Morgan fingerprint density at radius 2 is 2.00 bits per heavy atom. The molecule has 2 rings (SSSR count). The van der Waals surface area contributed by atoms with Crippen molar-refractivity contribution in [2.45, 2.75) is 51.7 Å². The number of nitrogens with one attached hydrogen (secondary N) is 1. The van der Waals surface area contributed by atoms with Gasteiger partial charge >= 0.3 is 0 Å². The van der Waals surface area contributed by atoms with E-state index >= 15 is 0 Å². The molecule has 2 atom stereocenters. The fourth-order valence-electron chi connectivity index (χ4n) is 2.81. The number of ether oxygens (including phenoxy) is 1. The molecule has 0 bridgehead atoms. The summed E-state index contributed by atoms with van der Waals surface area (Å²) < 4.78 is 6.07. The van der Waals surface area contributed by atoms with E-state index < -0.39 is 0 Å². The Bertz CT molecular complexity index is 401. The number of allylic oxidation sites excluding steroid dienone is 1. The van der Waals surface area contributed by atoms with Gasteiger partial charge in [0.05, 0.1) is 12.7 Å². The summed E-state index contributed by atoms with van der Waals surface area (Å²) in [4.78, 5) is 0. The molecule has 0 heterocycles. The maximum atomic E-state index is 6.07. The summed E-state index contributed by atoms with van der Waals surface area (Å²) in [6.45, 7) is 5.23. The van der Waals surface area contributed by atoms with Crippen LogP contribution in [0.1, 0.15) is 44.6 Å². The van der Waals surface area contributed by atoms with E-state index in [4.69, 9.17) is 4.74 Å². The lowest BCUT2D eigenvalue weighted by molar-refractivity contribution is 0.0355. The normalized spacial score (nSPS) is 22.1. The highest BCUT2D eigenvalue weighted by atomic mass is 16.5. The fourth-order valence-corrected chi connectivity index (χ4v) is 2.81. The van der Waals surface area contributed by atoms with Crippen molar-refractivity contribution in [3.8, 4) is 0 Å². The molecular weight excluding hydrogens is 258 g/mol. The predicted octanol–water partition coefficient (Wildman–Crippen LogP) is 4.32. The van der Waals surface area contributed by atoms with Crippen LogP contribution in [0.5, 0.6) is 0 Å². The minimum atomic E-state index is 0.384. The van der Waals surface area contributed by atoms with Crippen LogP contribution in [0.3, 0.4) is 0 Å². The van der Waals surface area contributed by atoms with Gasteiger partial charge in [0.1, 0.15) is 0 Å². The van der Waals surface area contributed by atoms with Gasteiger partial charge in [0.25, 0.3) is 0 Å². The molecule has 0 unspecified atom stereocenters. The zero-order valence-electron chi connectivity index (χ0n) is 13.3. The van der Waals surface area contributed by atoms with Gasteiger partial charge in [-0.3, -0.25) is 0 Å². The van der Waals surface area contributed by atoms with Crippen LogP contribution < -0.4 is 5.32 Å². The summed E-state index contributed by atoms with van der Waals surface area (Å²) >= 11 is 0. The van der Waals surface area contributed by atoms with Crippen LogP contribution in [0, 0.1) is 5.92 Å². The van der Waals surface area contributed by atoms with Crippen LogP contribution in [0.15, 0.2) is 42.5 Å². The van der Waals surface area contributed by atoms with Gasteiger partial charge in [0, 0.05) is 0 Å². The Kier molecular flexibility index (Phi) is 7.55. The van der Waals surface area contributed by atoms with Gasteiger partial charge in [0.2, 0.25) is 0 Å². The predicted molar refractivity (Wildman–Crippen MR) is 89.3 cm³/mol. The van der Waals surface area contributed by atoms with Crippen molar-refractivity contribution in [1.82, 2.24) is 5.32 Å². The summed E-state index contributed by atoms with van der Waals surface area (Å²) in [6, 6.07) is 10.5. The monoisotopic (exact) mass is 287 g/mol. The molecule has 0 radical (unpaired) electrons. The first-order valence-corrected chi connectivity index (χ1v) is 8.41. The Hall–Kier alpha value is -1.12.